The molecule has 0 aliphatic carbocycles. The molecule has 1 N–H and O–H groups in total. The number of ether oxygens (including phenoxy) is 1. The fourth-order valence-corrected chi connectivity index (χ4v) is 3.80. The Labute approximate surface area is 153 Å². The van der Waals surface area contributed by atoms with Crippen molar-refractivity contribution in [1.82, 2.24) is 0 Å². The molecule has 0 fully saturated rings. The van der Waals surface area contributed by atoms with Gasteiger partial charge in [0, 0.05) is 5.69 Å². The fraction of sp³-hybridized carbons (Fsp3) is 0.316. The number of anilines is 2. The summed E-state index contributed by atoms with van der Waals surface area (Å²) < 4.78 is 31.5. The number of carbonyl (C=O) groups is 1. The van der Waals surface area contributed by atoms with Gasteiger partial charge in [-0.1, -0.05) is 18.2 Å². The molecule has 6 nitrogen and oxygen atoms in total. The monoisotopic (exact) mass is 374 g/mol. The zero-order valence-corrected chi connectivity index (χ0v) is 16.1. The van der Waals surface area contributed by atoms with E-state index in [0.29, 0.717) is 17.1 Å². The number of hydrogen-bond acceptors (Lipinski definition) is 4. The number of carbonyl (C=O) groups excluding carboxylic acids is 1. The molecule has 7 heteroatoms. The van der Waals surface area contributed by atoms with Gasteiger partial charge in [-0.2, -0.15) is 0 Å². The smallest absolute Gasteiger partial charge is 0.267 e. The first-order chi connectivity index (χ1) is 12.1. The SMILES string of the molecule is Cc1ccc(C)c(NC(=O)[C@@H]2CN(S(C)(=O)=O)c3cc(C)ccc3O2)c1. The van der Waals surface area contributed by atoms with Gasteiger partial charge in [0.25, 0.3) is 5.91 Å². The number of nitrogens with zero attached hydrogens (tertiary/aromatic N) is 1. The van der Waals surface area contributed by atoms with Gasteiger partial charge in [0.05, 0.1) is 18.5 Å². The molecule has 0 spiro atoms. The van der Waals surface area contributed by atoms with Crippen LogP contribution in [0.5, 0.6) is 5.75 Å². The molecular formula is C19H22N2O4S. The zero-order valence-electron chi connectivity index (χ0n) is 15.2. The average Bonchev–Trinajstić information content (AvgIpc) is 2.56. The molecule has 138 valence electrons. The van der Waals surface area contributed by atoms with Crippen LogP contribution in [0.2, 0.25) is 0 Å². The van der Waals surface area contributed by atoms with E-state index in [2.05, 4.69) is 5.32 Å². The maximum atomic E-state index is 12.7. The molecule has 1 aliphatic heterocycles. The lowest BCUT2D eigenvalue weighted by Gasteiger charge is -2.34. The van der Waals surface area contributed by atoms with Crippen LogP contribution in [-0.2, 0) is 14.8 Å². The molecule has 0 saturated carbocycles. The summed E-state index contributed by atoms with van der Waals surface area (Å²) in [7, 11) is -3.54. The number of amides is 1. The van der Waals surface area contributed by atoms with Crippen molar-refractivity contribution in [2.75, 3.05) is 22.4 Å². The first-order valence-corrected chi connectivity index (χ1v) is 10.1. The van der Waals surface area contributed by atoms with Crippen LogP contribution in [0.1, 0.15) is 16.7 Å². The molecule has 0 radical (unpaired) electrons. The van der Waals surface area contributed by atoms with E-state index >= 15 is 0 Å². The molecule has 1 atom stereocenters. The number of hydrogen-bond donors (Lipinski definition) is 1. The van der Waals surface area contributed by atoms with Crippen molar-refractivity contribution in [1.29, 1.82) is 0 Å². The summed E-state index contributed by atoms with van der Waals surface area (Å²) in [6.45, 7) is 5.65. The van der Waals surface area contributed by atoms with Crippen LogP contribution in [0.25, 0.3) is 0 Å². The van der Waals surface area contributed by atoms with Crippen molar-refractivity contribution in [3.05, 3.63) is 53.1 Å². The molecule has 0 bridgehead atoms. The Bertz CT molecular complexity index is 969. The van der Waals surface area contributed by atoms with Crippen molar-refractivity contribution < 1.29 is 17.9 Å². The highest BCUT2D eigenvalue weighted by molar-refractivity contribution is 7.92. The van der Waals surface area contributed by atoms with Gasteiger partial charge in [-0.25, -0.2) is 8.42 Å². The highest BCUT2D eigenvalue weighted by atomic mass is 32.2. The van der Waals surface area contributed by atoms with Crippen molar-refractivity contribution in [3.63, 3.8) is 0 Å². The van der Waals surface area contributed by atoms with Crippen LogP contribution in [0.3, 0.4) is 0 Å². The Morgan fingerprint density at radius 2 is 1.77 bits per heavy atom. The largest absolute Gasteiger partial charge is 0.476 e. The van der Waals surface area contributed by atoms with Gasteiger partial charge in [0.1, 0.15) is 5.75 Å². The van der Waals surface area contributed by atoms with E-state index in [-0.39, 0.29) is 12.5 Å². The van der Waals surface area contributed by atoms with Crippen LogP contribution < -0.4 is 14.4 Å². The Kier molecular flexibility index (Phi) is 4.66. The second kappa shape index (κ2) is 6.64. The predicted molar refractivity (Wildman–Crippen MR) is 102 cm³/mol. The van der Waals surface area contributed by atoms with Crippen LogP contribution in [0, 0.1) is 20.8 Å². The van der Waals surface area contributed by atoms with E-state index in [9.17, 15) is 13.2 Å². The maximum Gasteiger partial charge on any atom is 0.267 e. The zero-order chi connectivity index (χ0) is 19.1. The first-order valence-electron chi connectivity index (χ1n) is 8.28. The minimum absolute atomic E-state index is 0.0635. The lowest BCUT2D eigenvalue weighted by atomic mass is 10.1. The van der Waals surface area contributed by atoms with Crippen LogP contribution >= 0.6 is 0 Å². The topological polar surface area (TPSA) is 75.7 Å². The molecule has 0 aromatic heterocycles. The summed E-state index contributed by atoms with van der Waals surface area (Å²) in [4.78, 5) is 12.7. The van der Waals surface area contributed by atoms with Gasteiger partial charge in [-0.3, -0.25) is 9.10 Å². The summed E-state index contributed by atoms with van der Waals surface area (Å²) in [5, 5.41) is 2.85. The van der Waals surface area contributed by atoms with E-state index in [1.165, 1.54) is 4.31 Å². The van der Waals surface area contributed by atoms with Crippen LogP contribution in [-0.4, -0.2) is 33.2 Å². The fourth-order valence-electron chi connectivity index (χ4n) is 2.90. The number of benzene rings is 2. The third-order valence-corrected chi connectivity index (χ3v) is 5.47. The van der Waals surface area contributed by atoms with Crippen molar-refractivity contribution in [2.45, 2.75) is 26.9 Å². The molecule has 26 heavy (non-hydrogen) atoms. The molecular weight excluding hydrogens is 352 g/mol. The Balaban J connectivity index is 1.91. The molecule has 2 aromatic rings. The van der Waals surface area contributed by atoms with E-state index in [4.69, 9.17) is 4.74 Å². The summed E-state index contributed by atoms with van der Waals surface area (Å²) >= 11 is 0. The van der Waals surface area contributed by atoms with Gasteiger partial charge < -0.3 is 10.1 Å². The van der Waals surface area contributed by atoms with Gasteiger partial charge in [-0.15, -0.1) is 0 Å². The third kappa shape index (κ3) is 3.67. The summed E-state index contributed by atoms with van der Waals surface area (Å²) in [6, 6.07) is 11.0. The molecule has 1 heterocycles. The quantitative estimate of drug-likeness (QED) is 0.896. The minimum Gasteiger partial charge on any atom is -0.476 e. The number of sulfonamides is 1. The Morgan fingerprint density at radius 3 is 2.46 bits per heavy atom. The van der Waals surface area contributed by atoms with Gasteiger partial charge in [-0.05, 0) is 55.7 Å². The molecule has 0 saturated heterocycles. The normalized spacial score (nSPS) is 16.6. The highest BCUT2D eigenvalue weighted by Gasteiger charge is 2.35. The molecule has 2 aromatic carbocycles. The summed E-state index contributed by atoms with van der Waals surface area (Å²) in [5.41, 5.74) is 4.02. The average molecular weight is 374 g/mol. The predicted octanol–water partition coefficient (Wildman–Crippen LogP) is 2.78. The van der Waals surface area contributed by atoms with E-state index < -0.39 is 16.1 Å². The second-order valence-corrected chi connectivity index (χ2v) is 8.59. The van der Waals surface area contributed by atoms with E-state index in [1.54, 1.807) is 12.1 Å². The summed E-state index contributed by atoms with van der Waals surface area (Å²) in [6.07, 6.45) is 0.198. The lowest BCUT2D eigenvalue weighted by Crippen LogP contribution is -2.48. The van der Waals surface area contributed by atoms with Crippen LogP contribution in [0.4, 0.5) is 11.4 Å². The standard InChI is InChI=1S/C19H22N2O4S/c1-12-5-7-14(3)15(9-12)20-19(22)18-11-21(26(4,23)24)16-10-13(2)6-8-17(16)25-18/h5-10,18H,11H2,1-4H3,(H,20,22)/t18-/m0/s1. The number of rotatable bonds is 3. The van der Waals surface area contributed by atoms with E-state index in [1.807, 2.05) is 45.0 Å². The molecule has 3 rings (SSSR count). The van der Waals surface area contributed by atoms with Crippen molar-refractivity contribution in [2.24, 2.45) is 0 Å². The van der Waals surface area contributed by atoms with Crippen LogP contribution in [0.15, 0.2) is 36.4 Å². The molecule has 1 aliphatic rings. The third-order valence-electron chi connectivity index (χ3n) is 4.33. The Morgan fingerprint density at radius 1 is 1.12 bits per heavy atom. The first kappa shape index (κ1) is 18.3. The lowest BCUT2D eigenvalue weighted by molar-refractivity contribution is -0.122. The number of fused-ring (bicyclic) bond motifs is 1. The Hall–Kier alpha value is -2.54. The highest BCUT2D eigenvalue weighted by Crippen LogP contribution is 2.36. The minimum atomic E-state index is -3.54. The van der Waals surface area contributed by atoms with E-state index in [0.717, 1.165) is 22.9 Å². The molecule has 0 unspecified atom stereocenters. The van der Waals surface area contributed by atoms with Crippen molar-refractivity contribution in [3.8, 4) is 5.75 Å². The second-order valence-electron chi connectivity index (χ2n) is 6.68. The van der Waals surface area contributed by atoms with Gasteiger partial charge in [0.2, 0.25) is 10.0 Å². The van der Waals surface area contributed by atoms with Crippen molar-refractivity contribution >= 4 is 27.3 Å². The number of aryl methyl sites for hydroxylation is 3. The van der Waals surface area contributed by atoms with Gasteiger partial charge in [0.15, 0.2) is 6.10 Å². The number of nitrogens with one attached hydrogen (secondary N) is 1. The maximum absolute atomic E-state index is 12.7. The molecule has 1 amide bonds. The van der Waals surface area contributed by atoms with Gasteiger partial charge >= 0.3 is 0 Å². The summed E-state index contributed by atoms with van der Waals surface area (Å²) in [5.74, 6) is 0.00645.